The lowest BCUT2D eigenvalue weighted by Gasteiger charge is -2.23. The van der Waals surface area contributed by atoms with E-state index in [1.54, 1.807) is 24.3 Å². The van der Waals surface area contributed by atoms with Gasteiger partial charge in [-0.2, -0.15) is 5.10 Å². The zero-order valence-corrected chi connectivity index (χ0v) is 17.9. The van der Waals surface area contributed by atoms with Gasteiger partial charge in [0.05, 0.1) is 11.7 Å². The van der Waals surface area contributed by atoms with E-state index in [0.717, 1.165) is 41.9 Å². The number of H-pyrrole nitrogens is 1. The summed E-state index contributed by atoms with van der Waals surface area (Å²) in [5.41, 5.74) is 3.65. The summed E-state index contributed by atoms with van der Waals surface area (Å²) in [5.74, 6) is -0.550. The number of aromatic nitrogens is 2. The molecule has 0 aliphatic carbocycles. The summed E-state index contributed by atoms with van der Waals surface area (Å²) >= 11 is 0. The molecule has 31 heavy (non-hydrogen) atoms. The first-order valence-corrected chi connectivity index (χ1v) is 10.4. The third kappa shape index (κ3) is 6.72. The van der Waals surface area contributed by atoms with Crippen LogP contribution < -0.4 is 5.32 Å². The van der Waals surface area contributed by atoms with Gasteiger partial charge in [-0.3, -0.25) is 14.8 Å². The molecule has 5 nitrogen and oxygen atoms in total. The second-order valence-corrected chi connectivity index (χ2v) is 7.71. The number of carbonyl (C=O) groups is 1. The third-order valence-electron chi connectivity index (χ3n) is 5.39. The predicted molar refractivity (Wildman–Crippen MR) is 118 cm³/mol. The van der Waals surface area contributed by atoms with Crippen LogP contribution in [0.25, 0.3) is 11.3 Å². The molecule has 7 heteroatoms. The first-order chi connectivity index (χ1) is 14.9. The zero-order valence-electron chi connectivity index (χ0n) is 17.9. The molecule has 1 unspecified atom stereocenters. The largest absolute Gasteiger partial charge is 0.354 e. The molecule has 0 aliphatic heterocycles. The number of amides is 1. The lowest BCUT2D eigenvalue weighted by Crippen LogP contribution is -2.44. The van der Waals surface area contributed by atoms with Gasteiger partial charge in [-0.05, 0) is 87.8 Å². The maximum atomic E-state index is 13.1. The Balaban J connectivity index is 1.38. The zero-order chi connectivity index (χ0) is 22.2. The Labute approximate surface area is 181 Å². The molecule has 1 atom stereocenters. The summed E-state index contributed by atoms with van der Waals surface area (Å²) in [6.07, 6.45) is 2.34. The van der Waals surface area contributed by atoms with Gasteiger partial charge in [0.25, 0.3) is 0 Å². The average molecular weight is 427 g/mol. The van der Waals surface area contributed by atoms with Crippen molar-refractivity contribution in [2.75, 3.05) is 20.1 Å². The number of aromatic amines is 1. The van der Waals surface area contributed by atoms with Crippen LogP contribution >= 0.6 is 0 Å². The van der Waals surface area contributed by atoms with Crippen molar-refractivity contribution in [3.8, 4) is 11.3 Å². The lowest BCUT2D eigenvalue weighted by atomic mass is 10.1. The first-order valence-electron chi connectivity index (χ1n) is 10.4. The van der Waals surface area contributed by atoms with Crippen LogP contribution in [0.1, 0.15) is 24.6 Å². The molecule has 2 aromatic carbocycles. The van der Waals surface area contributed by atoms with E-state index in [0.29, 0.717) is 13.0 Å². The van der Waals surface area contributed by atoms with Crippen LogP contribution in [0.2, 0.25) is 0 Å². The number of hydrogen-bond donors (Lipinski definition) is 2. The molecule has 0 fully saturated rings. The molecule has 1 amide bonds. The minimum atomic E-state index is -0.267. The van der Waals surface area contributed by atoms with Gasteiger partial charge < -0.3 is 5.32 Å². The van der Waals surface area contributed by atoms with Crippen molar-refractivity contribution in [3.63, 3.8) is 0 Å². The highest BCUT2D eigenvalue weighted by atomic mass is 19.1. The van der Waals surface area contributed by atoms with E-state index in [9.17, 15) is 13.6 Å². The summed E-state index contributed by atoms with van der Waals surface area (Å²) in [5, 5.41) is 10.3. The Hall–Kier alpha value is -3.06. The number of carbonyl (C=O) groups excluding carboxylic acids is 1. The second kappa shape index (κ2) is 10.8. The highest BCUT2D eigenvalue weighted by molar-refractivity contribution is 5.81. The topological polar surface area (TPSA) is 61.0 Å². The van der Waals surface area contributed by atoms with E-state index in [1.165, 1.54) is 24.3 Å². The van der Waals surface area contributed by atoms with E-state index in [-0.39, 0.29) is 23.6 Å². The molecule has 0 saturated heterocycles. The highest BCUT2D eigenvalue weighted by Gasteiger charge is 2.17. The Morgan fingerprint density at radius 1 is 1.06 bits per heavy atom. The number of aryl methyl sites for hydroxylation is 1. The molecular formula is C24H28F2N4O. The summed E-state index contributed by atoms with van der Waals surface area (Å²) in [4.78, 5) is 14.4. The number of benzene rings is 2. The van der Waals surface area contributed by atoms with Crippen LogP contribution in [0, 0.1) is 11.6 Å². The number of hydrogen-bond acceptors (Lipinski definition) is 3. The monoisotopic (exact) mass is 426 g/mol. The van der Waals surface area contributed by atoms with Gasteiger partial charge in [-0.15, -0.1) is 0 Å². The fraction of sp³-hybridized carbons (Fsp3) is 0.333. The Kier molecular flexibility index (Phi) is 7.89. The van der Waals surface area contributed by atoms with Crippen LogP contribution in [-0.4, -0.2) is 47.2 Å². The number of halogens is 2. The smallest absolute Gasteiger partial charge is 0.237 e. The molecule has 0 aliphatic rings. The summed E-state index contributed by atoms with van der Waals surface area (Å²) in [7, 11) is 1.93. The molecule has 3 rings (SSSR count). The van der Waals surface area contributed by atoms with Crippen LogP contribution in [0.5, 0.6) is 0 Å². The van der Waals surface area contributed by atoms with E-state index in [2.05, 4.69) is 15.5 Å². The summed E-state index contributed by atoms with van der Waals surface area (Å²) in [6, 6.07) is 14.3. The fourth-order valence-corrected chi connectivity index (χ4v) is 3.30. The Bertz CT molecular complexity index is 970. The average Bonchev–Trinajstić information content (AvgIpc) is 3.23. The van der Waals surface area contributed by atoms with Gasteiger partial charge in [0.1, 0.15) is 11.6 Å². The molecule has 0 bridgehead atoms. The van der Waals surface area contributed by atoms with Gasteiger partial charge in [-0.25, -0.2) is 8.78 Å². The maximum absolute atomic E-state index is 13.1. The van der Waals surface area contributed by atoms with Gasteiger partial charge >= 0.3 is 0 Å². The van der Waals surface area contributed by atoms with Gasteiger partial charge in [0, 0.05) is 17.8 Å². The van der Waals surface area contributed by atoms with Crippen molar-refractivity contribution >= 4 is 5.91 Å². The molecule has 164 valence electrons. The first kappa shape index (κ1) is 22.6. The van der Waals surface area contributed by atoms with Crippen LogP contribution in [0.15, 0.2) is 54.6 Å². The maximum Gasteiger partial charge on any atom is 0.237 e. The fourth-order valence-electron chi connectivity index (χ4n) is 3.30. The normalized spacial score (nSPS) is 12.2. The molecule has 3 aromatic rings. The van der Waals surface area contributed by atoms with E-state index >= 15 is 0 Å². The summed E-state index contributed by atoms with van der Waals surface area (Å²) in [6.45, 7) is 3.16. The number of nitrogens with zero attached hydrogens (tertiary/aromatic N) is 2. The van der Waals surface area contributed by atoms with Crippen molar-refractivity contribution in [2.24, 2.45) is 0 Å². The molecule has 1 heterocycles. The Morgan fingerprint density at radius 2 is 1.71 bits per heavy atom. The molecule has 2 N–H and O–H groups in total. The van der Waals surface area contributed by atoms with Crippen molar-refractivity contribution in [2.45, 2.75) is 32.2 Å². The van der Waals surface area contributed by atoms with Crippen molar-refractivity contribution in [1.82, 2.24) is 20.4 Å². The standard InChI is InChI=1S/C24H28F2N4O/c1-17(24(31)27-14-13-18-5-9-20(25)10-6-18)30(2)15-3-4-22-16-23(29-28-22)19-7-11-21(26)12-8-19/h5-12,16-17H,3-4,13-15H2,1-2H3,(H,27,31)(H,28,29). The van der Waals surface area contributed by atoms with Crippen molar-refractivity contribution < 1.29 is 13.6 Å². The number of rotatable bonds is 10. The molecule has 0 saturated carbocycles. The number of likely N-dealkylation sites (N-methyl/N-ethyl adjacent to an activating group) is 1. The van der Waals surface area contributed by atoms with Gasteiger partial charge in [0.15, 0.2) is 0 Å². The third-order valence-corrected chi connectivity index (χ3v) is 5.39. The predicted octanol–water partition coefficient (Wildman–Crippen LogP) is 3.97. The second-order valence-electron chi connectivity index (χ2n) is 7.71. The minimum absolute atomic E-state index is 0.0234. The van der Waals surface area contributed by atoms with E-state index < -0.39 is 0 Å². The van der Waals surface area contributed by atoms with Crippen molar-refractivity contribution in [1.29, 1.82) is 0 Å². The summed E-state index contributed by atoms with van der Waals surface area (Å²) < 4.78 is 26.0. The lowest BCUT2D eigenvalue weighted by molar-refractivity contribution is -0.125. The molecule has 1 aromatic heterocycles. The van der Waals surface area contributed by atoms with Crippen LogP contribution in [0.4, 0.5) is 8.78 Å². The van der Waals surface area contributed by atoms with E-state index in [1.807, 2.05) is 24.9 Å². The van der Waals surface area contributed by atoms with Crippen LogP contribution in [0.3, 0.4) is 0 Å². The molecule has 0 spiro atoms. The van der Waals surface area contributed by atoms with Crippen LogP contribution in [-0.2, 0) is 17.6 Å². The molecule has 0 radical (unpaired) electrons. The quantitative estimate of drug-likeness (QED) is 0.516. The highest BCUT2D eigenvalue weighted by Crippen LogP contribution is 2.18. The molecular weight excluding hydrogens is 398 g/mol. The van der Waals surface area contributed by atoms with Gasteiger partial charge in [0.2, 0.25) is 5.91 Å². The minimum Gasteiger partial charge on any atom is -0.354 e. The van der Waals surface area contributed by atoms with E-state index in [4.69, 9.17) is 0 Å². The SMILES string of the molecule is CC(C(=O)NCCc1ccc(F)cc1)N(C)CCCc1cc(-c2ccc(F)cc2)n[nH]1. The Morgan fingerprint density at radius 3 is 2.39 bits per heavy atom. The number of nitrogens with one attached hydrogen (secondary N) is 2. The van der Waals surface area contributed by atoms with Gasteiger partial charge in [-0.1, -0.05) is 12.1 Å². The van der Waals surface area contributed by atoms with Crippen molar-refractivity contribution in [3.05, 3.63) is 77.5 Å².